The zero-order chi connectivity index (χ0) is 19.7. The molecule has 0 bridgehead atoms. The molecule has 0 spiro atoms. The molecule has 0 N–H and O–H groups in total. The van der Waals surface area contributed by atoms with Gasteiger partial charge in [0.1, 0.15) is 6.29 Å². The van der Waals surface area contributed by atoms with Gasteiger partial charge in [-0.3, -0.25) is 4.79 Å². The van der Waals surface area contributed by atoms with Crippen molar-refractivity contribution in [3.63, 3.8) is 0 Å². The summed E-state index contributed by atoms with van der Waals surface area (Å²) < 4.78 is 6.41. The Morgan fingerprint density at radius 2 is 1.44 bits per heavy atom. The summed E-state index contributed by atoms with van der Waals surface area (Å²) in [5.74, 6) is 0. The summed E-state index contributed by atoms with van der Waals surface area (Å²) >= 11 is 0. The molecule has 3 heteroatoms. The maximum absolute atomic E-state index is 10.5. The molecule has 0 aromatic heterocycles. The molecule has 1 unspecified atom stereocenters. The number of hydrogen-bond donors (Lipinski definition) is 0. The van der Waals surface area contributed by atoms with E-state index in [1.165, 1.54) is 5.57 Å². The molecule has 0 aliphatic carbocycles. The summed E-state index contributed by atoms with van der Waals surface area (Å²) in [7, 11) is -1.74. The van der Waals surface area contributed by atoms with Crippen LogP contribution in [-0.2, 0) is 9.22 Å². The van der Waals surface area contributed by atoms with Crippen molar-refractivity contribution in [2.24, 2.45) is 0 Å². The van der Waals surface area contributed by atoms with Gasteiger partial charge in [-0.05, 0) is 57.0 Å². The van der Waals surface area contributed by atoms with Gasteiger partial charge in [-0.25, -0.2) is 0 Å². The highest BCUT2D eigenvalue weighted by Gasteiger charge is 2.38. The van der Waals surface area contributed by atoms with Crippen LogP contribution in [0.2, 0.25) is 18.1 Å². The minimum Gasteiger partial charge on any atom is -0.411 e. The summed E-state index contributed by atoms with van der Waals surface area (Å²) in [5, 5.41) is 0.222. The van der Waals surface area contributed by atoms with Crippen LogP contribution in [0.5, 0.6) is 0 Å². The fourth-order valence-electron chi connectivity index (χ4n) is 1.71. The minimum atomic E-state index is -1.74. The van der Waals surface area contributed by atoms with Crippen LogP contribution in [0.4, 0.5) is 0 Å². The smallest absolute Gasteiger partial charge is 0.192 e. The largest absolute Gasteiger partial charge is 0.411 e. The second-order valence-electron chi connectivity index (χ2n) is 8.11. The van der Waals surface area contributed by atoms with Crippen LogP contribution < -0.4 is 0 Å². The molecular formula is C22H36O2Si. The highest BCUT2D eigenvalue weighted by atomic mass is 28.4. The van der Waals surface area contributed by atoms with Crippen LogP contribution in [0.1, 0.15) is 48.5 Å². The Bertz CT molecular complexity index is 582. The standard InChI is InChI=1S/C22H36O2Si/c1-18(13-10-11-14-19(2)17-23)15-12-16-20(3)21(4)24-25(8,9)22(5,6)7/h10-17,21H,1-9H3/b11-10+,15-12+,18-13+,19-14+,20-16+. The Hall–Kier alpha value is -1.45. The normalized spacial score (nSPS) is 16.8. The van der Waals surface area contributed by atoms with Crippen LogP contribution in [-0.4, -0.2) is 20.7 Å². The molecule has 0 saturated heterocycles. The maximum Gasteiger partial charge on any atom is 0.192 e. The third-order valence-electron chi connectivity index (χ3n) is 4.65. The van der Waals surface area contributed by atoms with Crippen LogP contribution in [0.3, 0.4) is 0 Å². The highest BCUT2D eigenvalue weighted by molar-refractivity contribution is 6.74. The van der Waals surface area contributed by atoms with E-state index in [0.717, 1.165) is 11.9 Å². The van der Waals surface area contributed by atoms with Crippen molar-refractivity contribution in [2.75, 3.05) is 0 Å². The average Bonchev–Trinajstić information content (AvgIpc) is 2.49. The minimum absolute atomic E-state index is 0.131. The van der Waals surface area contributed by atoms with E-state index in [1.54, 1.807) is 13.0 Å². The molecule has 0 amide bonds. The van der Waals surface area contributed by atoms with Gasteiger partial charge in [0.2, 0.25) is 0 Å². The SMILES string of the molecule is C\C(C=O)=C/C=C/C=C(C)/C=C/C=C(\C)C(C)O[Si](C)(C)C(C)(C)C. The quantitative estimate of drug-likeness (QED) is 0.212. The monoisotopic (exact) mass is 360 g/mol. The second-order valence-corrected chi connectivity index (χ2v) is 12.9. The fraction of sp³-hybridized carbons (Fsp3) is 0.500. The van der Waals surface area contributed by atoms with Gasteiger partial charge in [-0.15, -0.1) is 0 Å². The third kappa shape index (κ3) is 9.56. The van der Waals surface area contributed by atoms with Crippen molar-refractivity contribution in [2.45, 2.75) is 72.7 Å². The number of carbonyl (C=O) groups is 1. The van der Waals surface area contributed by atoms with E-state index in [9.17, 15) is 4.79 Å². The van der Waals surface area contributed by atoms with E-state index in [4.69, 9.17) is 4.43 Å². The van der Waals surface area contributed by atoms with Crippen LogP contribution in [0.25, 0.3) is 0 Å². The van der Waals surface area contributed by atoms with E-state index in [2.05, 4.69) is 72.9 Å². The Morgan fingerprint density at radius 1 is 0.920 bits per heavy atom. The summed E-state index contributed by atoms with van der Waals surface area (Å²) in [4.78, 5) is 10.5. The number of rotatable bonds is 8. The van der Waals surface area contributed by atoms with Crippen molar-refractivity contribution in [3.8, 4) is 0 Å². The zero-order valence-corrected chi connectivity index (χ0v) is 18.5. The van der Waals surface area contributed by atoms with Crippen molar-refractivity contribution in [3.05, 3.63) is 59.3 Å². The van der Waals surface area contributed by atoms with Crippen LogP contribution in [0, 0.1) is 0 Å². The Morgan fingerprint density at radius 3 is 1.92 bits per heavy atom. The summed E-state index contributed by atoms with van der Waals surface area (Å²) in [5.41, 5.74) is 3.09. The molecule has 0 aromatic rings. The Balaban J connectivity index is 4.79. The molecule has 0 radical (unpaired) electrons. The molecule has 25 heavy (non-hydrogen) atoms. The highest BCUT2D eigenvalue weighted by Crippen LogP contribution is 2.37. The van der Waals surface area contributed by atoms with Crippen molar-refractivity contribution in [1.82, 2.24) is 0 Å². The molecule has 0 heterocycles. The first-order valence-electron chi connectivity index (χ1n) is 8.90. The lowest BCUT2D eigenvalue weighted by molar-refractivity contribution is -0.104. The third-order valence-corrected chi connectivity index (χ3v) is 9.21. The number of aldehydes is 1. The molecule has 0 fully saturated rings. The molecule has 0 aromatic carbocycles. The van der Waals surface area contributed by atoms with Crippen molar-refractivity contribution < 1.29 is 9.22 Å². The van der Waals surface area contributed by atoms with Gasteiger partial charge < -0.3 is 4.43 Å². The fourth-order valence-corrected chi connectivity index (χ4v) is 3.13. The van der Waals surface area contributed by atoms with Gasteiger partial charge in [-0.2, -0.15) is 0 Å². The van der Waals surface area contributed by atoms with E-state index >= 15 is 0 Å². The van der Waals surface area contributed by atoms with Gasteiger partial charge in [0, 0.05) is 0 Å². The van der Waals surface area contributed by atoms with Crippen molar-refractivity contribution >= 4 is 14.6 Å². The predicted molar refractivity (Wildman–Crippen MR) is 113 cm³/mol. The van der Waals surface area contributed by atoms with Crippen molar-refractivity contribution in [1.29, 1.82) is 0 Å². The summed E-state index contributed by atoms with van der Waals surface area (Å²) in [6.07, 6.45) is 14.9. The molecule has 0 saturated carbocycles. The van der Waals surface area contributed by atoms with Crippen LogP contribution in [0.15, 0.2) is 59.3 Å². The van der Waals surface area contributed by atoms with E-state index in [-0.39, 0.29) is 11.1 Å². The topological polar surface area (TPSA) is 26.3 Å². The average molecular weight is 361 g/mol. The van der Waals surface area contributed by atoms with E-state index in [1.807, 2.05) is 18.2 Å². The number of carbonyl (C=O) groups excluding carboxylic acids is 1. The number of allylic oxidation sites excluding steroid dienone is 9. The lowest BCUT2D eigenvalue weighted by Gasteiger charge is -2.38. The van der Waals surface area contributed by atoms with Gasteiger partial charge in [0.05, 0.1) is 6.10 Å². The molecule has 140 valence electrons. The lowest BCUT2D eigenvalue weighted by Crippen LogP contribution is -2.43. The Labute approximate surface area is 156 Å². The Kier molecular flexibility index (Phi) is 9.91. The van der Waals surface area contributed by atoms with E-state index in [0.29, 0.717) is 5.57 Å². The van der Waals surface area contributed by atoms with Gasteiger partial charge in [-0.1, -0.05) is 68.9 Å². The zero-order valence-electron chi connectivity index (χ0n) is 17.5. The predicted octanol–water partition coefficient (Wildman–Crippen LogP) is 6.55. The first-order valence-corrected chi connectivity index (χ1v) is 11.8. The first kappa shape index (κ1) is 23.5. The summed E-state index contributed by atoms with van der Waals surface area (Å²) in [6, 6.07) is 0. The molecule has 1 atom stereocenters. The molecular weight excluding hydrogens is 324 g/mol. The maximum atomic E-state index is 10.5. The number of hydrogen-bond acceptors (Lipinski definition) is 2. The van der Waals surface area contributed by atoms with E-state index < -0.39 is 8.32 Å². The summed E-state index contributed by atoms with van der Waals surface area (Å²) in [6.45, 7) is 19.4. The molecule has 0 aliphatic heterocycles. The lowest BCUT2D eigenvalue weighted by atomic mass is 10.1. The van der Waals surface area contributed by atoms with Gasteiger partial charge in [0.15, 0.2) is 8.32 Å². The van der Waals surface area contributed by atoms with Crippen LogP contribution >= 0.6 is 0 Å². The molecule has 0 rings (SSSR count). The van der Waals surface area contributed by atoms with Gasteiger partial charge in [0.25, 0.3) is 0 Å². The van der Waals surface area contributed by atoms with Gasteiger partial charge >= 0.3 is 0 Å². The molecule has 0 aliphatic rings. The second kappa shape index (κ2) is 10.5. The first-order chi connectivity index (χ1) is 11.4. The molecule has 2 nitrogen and oxygen atoms in total.